The first-order valence-corrected chi connectivity index (χ1v) is 53.7. The fraction of sp³-hybridized carbons (Fsp3) is 0.967. The summed E-state index contributed by atoms with van der Waals surface area (Å²) in [5.41, 5.74) is -4.74. The zero-order valence-electron chi connectivity index (χ0n) is 84.0. The molecule has 8 atom stereocenters. The molecule has 0 aliphatic carbocycles. The van der Waals surface area contributed by atoms with Crippen LogP contribution in [0.3, 0.4) is 0 Å². The standard InChI is InChI=1S/2C11H21FN2O.C11H22N2O2.2C10H21FN2O2S.C10H22N2O3S.2C9H19FN2.C9H20N2O/c1-9(2)13-8-11(12)4-6-14(7-5-11)10(3)15;1-8(2)13-6-10-4-5-14(9(3)15)7-11(10)12;1-9(2)12-8-11(15)4-6-13(7-5-11)10(3)14;1-9(2)12-8-10(11)4-6-13(7-5-10)16(3,14)15;1-8(2)12-6-9-4-5-13(7-10(9)11)16(3,14)15;1-9(2)11-8-10(13)4-6-12(7-5-10)16(3,14)15;1-8(2)12-7-9(10)3-5-11-6-4-9;1-7(2)12-5-8-3-4-11-6-9(8)10;1-7(2)11-5-8-3-4-10-6-9(8)12/h9,13H,4-8H2,1-3H3;8,10-11,13H,4-7H2,1-3H3;9,12,15H,4-8H2,1-3H3;9,12H,4-8H2,1-3H3;8-10,12H,4-7H2,1-3H3;9,11,13H,4-8H2,1-3H3;8,11-12H,3-7H2,1-2H3;7-9,11-12H,3-6H2,1-2H3;7-12H,3-6H2,1-2H3/t;;;;;;;;8-,9-/m........1/s1. The molecule has 9 rings (SSSR count). The van der Waals surface area contributed by atoms with E-state index in [0.717, 1.165) is 71.3 Å². The summed E-state index contributed by atoms with van der Waals surface area (Å²) < 4.78 is 154. The van der Waals surface area contributed by atoms with E-state index in [9.17, 15) is 81.3 Å². The summed E-state index contributed by atoms with van der Waals surface area (Å²) in [5, 5.41) is 68.3. The van der Waals surface area contributed by atoms with Gasteiger partial charge in [0, 0.05) is 250 Å². The molecular formula is C90H186F6N18O12S3. The summed E-state index contributed by atoms with van der Waals surface area (Å²) in [4.78, 5) is 38.3. The number of likely N-dealkylation sites (tertiary alicyclic amines) is 3. The molecule has 9 saturated heterocycles. The van der Waals surface area contributed by atoms with E-state index in [0.29, 0.717) is 217 Å². The number of β-amino-alcohol motifs (C(OH)–C–C–N with tert-alkyl or cyclic N) is 1. The maximum Gasteiger partial charge on any atom is 0.219 e. The minimum absolute atomic E-state index is 0.00325. The molecule has 9 fully saturated rings. The molecule has 39 heteroatoms. The molecule has 3 amide bonds. The number of nitrogens with one attached hydrogen (secondary N) is 12. The molecule has 30 nitrogen and oxygen atoms in total. The Hall–Kier alpha value is -2.88. The van der Waals surface area contributed by atoms with E-state index < -0.39 is 76.8 Å². The molecule has 0 radical (unpaired) electrons. The third kappa shape index (κ3) is 56.6. The van der Waals surface area contributed by atoms with Gasteiger partial charge in [0.2, 0.25) is 47.8 Å². The van der Waals surface area contributed by atoms with Crippen LogP contribution in [-0.4, -0.2) is 389 Å². The Morgan fingerprint density at radius 3 is 0.930 bits per heavy atom. The molecule has 0 saturated carbocycles. The van der Waals surface area contributed by atoms with Gasteiger partial charge in [0.25, 0.3) is 0 Å². The molecule has 15 N–H and O–H groups in total. The minimum atomic E-state index is -3.24. The first kappa shape index (κ1) is 124. The largest absolute Gasteiger partial charge is 0.391 e. The first-order valence-electron chi connectivity index (χ1n) is 48.1. The summed E-state index contributed by atoms with van der Waals surface area (Å²) in [6, 6.07) is 3.37. The van der Waals surface area contributed by atoms with Gasteiger partial charge in [-0.3, -0.25) is 14.4 Å². The van der Waals surface area contributed by atoms with Crippen molar-refractivity contribution < 1.29 is 81.3 Å². The van der Waals surface area contributed by atoms with Gasteiger partial charge in [-0.05, 0) is 109 Å². The van der Waals surface area contributed by atoms with E-state index in [1.54, 1.807) is 21.6 Å². The number of hydrogen-bond donors (Lipinski definition) is 15. The predicted molar refractivity (Wildman–Crippen MR) is 514 cm³/mol. The van der Waals surface area contributed by atoms with Gasteiger partial charge in [0.1, 0.15) is 35.5 Å². The lowest BCUT2D eigenvalue weighted by Gasteiger charge is -2.38. The number of aliphatic hydroxyl groups excluding tert-OH is 1. The van der Waals surface area contributed by atoms with Crippen molar-refractivity contribution >= 4 is 47.8 Å². The van der Waals surface area contributed by atoms with E-state index in [2.05, 4.69) is 119 Å². The SMILES string of the molecule is CC(=O)N1CCC(CNC(C)C)C(F)C1.CC(=O)N1CCC(F)(CNC(C)C)CC1.CC(=O)N1CCC(O)(CNC(C)C)CC1.CC(C)NCC1(F)CCN(S(C)(=O)=O)CC1.CC(C)NCC1(F)CCNCC1.CC(C)NCC1(O)CCN(S(C)(=O)=O)CC1.CC(C)NCC1CCN(S(C)(=O)=O)CC1F.CC(C)NCC1CCNCC1F.CC(C)NC[C@H]1CCNC[C@H]1O. The molecule has 768 valence electrons. The van der Waals surface area contributed by atoms with Gasteiger partial charge in [0.05, 0.1) is 42.6 Å². The van der Waals surface area contributed by atoms with Gasteiger partial charge >= 0.3 is 0 Å². The Balaban J connectivity index is 0.000000727. The lowest BCUT2D eigenvalue weighted by Crippen LogP contribution is -2.51. The van der Waals surface area contributed by atoms with Crippen molar-refractivity contribution in [2.24, 2.45) is 23.7 Å². The fourth-order valence-corrected chi connectivity index (χ4v) is 17.9. The number of nitrogens with zero attached hydrogens (tertiary/aromatic N) is 6. The van der Waals surface area contributed by atoms with Crippen LogP contribution in [0.4, 0.5) is 26.3 Å². The maximum atomic E-state index is 14.2. The topological polar surface area (TPSA) is 378 Å². The van der Waals surface area contributed by atoms with E-state index in [4.69, 9.17) is 0 Å². The molecule has 0 aromatic carbocycles. The van der Waals surface area contributed by atoms with Crippen LogP contribution >= 0.6 is 0 Å². The van der Waals surface area contributed by atoms with Crippen LogP contribution in [0.25, 0.3) is 0 Å². The van der Waals surface area contributed by atoms with Crippen molar-refractivity contribution in [1.82, 2.24) is 91.4 Å². The fourth-order valence-electron chi connectivity index (χ4n) is 15.3. The summed E-state index contributed by atoms with van der Waals surface area (Å²) in [6.07, 6.45) is 9.24. The van der Waals surface area contributed by atoms with E-state index in [1.165, 1.54) is 39.3 Å². The highest BCUT2D eigenvalue weighted by Gasteiger charge is 2.41. The molecule has 0 aromatic heterocycles. The van der Waals surface area contributed by atoms with Crippen molar-refractivity contribution in [3.8, 4) is 0 Å². The Labute approximate surface area is 778 Å². The second kappa shape index (κ2) is 62.1. The average Bonchev–Trinajstić information content (AvgIpc) is 0.743. The Kier molecular flexibility index (Phi) is 59.8. The molecule has 0 spiro atoms. The third-order valence-corrected chi connectivity index (χ3v) is 28.5. The molecule has 9 aliphatic rings. The second-order valence-corrected chi connectivity index (χ2v) is 46.2. The summed E-state index contributed by atoms with van der Waals surface area (Å²) in [7, 11) is -9.51. The van der Waals surface area contributed by atoms with Crippen molar-refractivity contribution in [2.75, 3.05) is 195 Å². The van der Waals surface area contributed by atoms with Gasteiger partial charge < -0.3 is 93.8 Å². The summed E-state index contributed by atoms with van der Waals surface area (Å²) in [5.74, 6) is 0.779. The highest BCUT2D eigenvalue weighted by molar-refractivity contribution is 7.88. The van der Waals surface area contributed by atoms with Crippen LogP contribution < -0.4 is 63.8 Å². The van der Waals surface area contributed by atoms with Crippen molar-refractivity contribution in [3.63, 3.8) is 0 Å². The Morgan fingerprint density at radius 2 is 0.612 bits per heavy atom. The van der Waals surface area contributed by atoms with Crippen LogP contribution in [0.5, 0.6) is 0 Å². The lowest BCUT2D eigenvalue weighted by atomic mass is 9.91. The molecule has 129 heavy (non-hydrogen) atoms. The number of amides is 3. The van der Waals surface area contributed by atoms with Crippen molar-refractivity contribution in [2.45, 2.75) is 342 Å². The lowest BCUT2D eigenvalue weighted by molar-refractivity contribution is -0.133. The quantitative estimate of drug-likeness (QED) is 0.0368. The number of carbonyl (C=O) groups is 3. The van der Waals surface area contributed by atoms with Crippen LogP contribution in [-0.2, 0) is 44.5 Å². The Morgan fingerprint density at radius 1 is 0.333 bits per heavy atom. The number of hydrogen-bond acceptors (Lipinski definition) is 24. The maximum absolute atomic E-state index is 14.2. The summed E-state index contributed by atoms with van der Waals surface area (Å²) >= 11 is 0. The number of aliphatic hydroxyl groups is 3. The number of carbonyl (C=O) groups excluding carboxylic acids is 3. The molecule has 0 aromatic rings. The van der Waals surface area contributed by atoms with Gasteiger partial charge in [-0.2, -0.15) is 4.31 Å². The van der Waals surface area contributed by atoms with Crippen LogP contribution in [0.15, 0.2) is 0 Å². The van der Waals surface area contributed by atoms with Crippen LogP contribution in [0, 0.1) is 23.7 Å². The number of sulfonamides is 3. The molecule has 6 unspecified atom stereocenters. The highest BCUT2D eigenvalue weighted by Crippen LogP contribution is 2.31. The third-order valence-electron chi connectivity index (χ3n) is 24.6. The monoisotopic (exact) mass is 1920 g/mol. The van der Waals surface area contributed by atoms with Crippen LogP contribution in [0.1, 0.15) is 235 Å². The van der Waals surface area contributed by atoms with Crippen LogP contribution in [0.2, 0.25) is 0 Å². The zero-order chi connectivity index (χ0) is 98.5. The number of rotatable bonds is 30. The smallest absolute Gasteiger partial charge is 0.219 e. The van der Waals surface area contributed by atoms with Gasteiger partial charge in [-0.25, -0.2) is 60.2 Å². The Bertz CT molecular complexity index is 3210. The predicted octanol–water partition coefficient (Wildman–Crippen LogP) is 5.97. The molecule has 9 heterocycles. The normalized spacial score (nSPS) is 25.0. The van der Waals surface area contributed by atoms with E-state index >= 15 is 0 Å². The van der Waals surface area contributed by atoms with Gasteiger partial charge in [0.15, 0.2) is 0 Å². The number of halogens is 6. The van der Waals surface area contributed by atoms with Crippen molar-refractivity contribution in [3.05, 3.63) is 0 Å². The van der Waals surface area contributed by atoms with Gasteiger partial charge in [-0.1, -0.05) is 125 Å². The molecule has 9 aliphatic heterocycles. The number of piperidine rings is 9. The second-order valence-electron chi connectivity index (χ2n) is 40.2. The summed E-state index contributed by atoms with van der Waals surface area (Å²) in [6.45, 7) is 57.0. The number of alkyl halides is 6. The average molecular weight is 1920 g/mol. The minimum Gasteiger partial charge on any atom is -0.391 e. The van der Waals surface area contributed by atoms with E-state index in [1.807, 2.05) is 69.2 Å². The molecule has 0 bridgehead atoms. The molecular weight excluding hydrogens is 1740 g/mol. The highest BCUT2D eigenvalue weighted by atomic mass is 32.2. The van der Waals surface area contributed by atoms with Gasteiger partial charge in [-0.15, -0.1) is 0 Å². The zero-order valence-corrected chi connectivity index (χ0v) is 86.4. The first-order chi connectivity index (χ1) is 59.6. The van der Waals surface area contributed by atoms with Crippen molar-refractivity contribution in [1.29, 1.82) is 0 Å². The van der Waals surface area contributed by atoms with E-state index in [-0.39, 0.29) is 86.6 Å².